The summed E-state index contributed by atoms with van der Waals surface area (Å²) in [5, 5.41) is 0. The van der Waals surface area contributed by atoms with Gasteiger partial charge in [0.1, 0.15) is 12.2 Å². The minimum absolute atomic E-state index is 0.212. The molecule has 0 aromatic heterocycles. The molecule has 1 saturated carbocycles. The van der Waals surface area contributed by atoms with E-state index in [9.17, 15) is 9.59 Å². The van der Waals surface area contributed by atoms with Crippen molar-refractivity contribution >= 4 is 12.1 Å². The molecule has 2 aromatic rings. The molecule has 0 unspecified atom stereocenters. The van der Waals surface area contributed by atoms with Crippen molar-refractivity contribution < 1.29 is 19.1 Å². The molecule has 1 fully saturated rings. The third-order valence-electron chi connectivity index (χ3n) is 6.08. The summed E-state index contributed by atoms with van der Waals surface area (Å²) in [7, 11) is 0. The Labute approximate surface area is 204 Å². The predicted octanol–water partition coefficient (Wildman–Crippen LogP) is 6.98. The number of amides is 1. The molecule has 5 heteroatoms. The van der Waals surface area contributed by atoms with Crippen molar-refractivity contribution in [2.45, 2.75) is 85.5 Å². The van der Waals surface area contributed by atoms with E-state index in [2.05, 4.69) is 0 Å². The van der Waals surface area contributed by atoms with Crippen molar-refractivity contribution in [1.82, 2.24) is 4.90 Å². The molecule has 1 aliphatic carbocycles. The van der Waals surface area contributed by atoms with Crippen molar-refractivity contribution in [3.05, 3.63) is 70.3 Å². The molecule has 0 N–H and O–H groups in total. The first kappa shape index (κ1) is 25.8. The molecule has 184 valence electrons. The van der Waals surface area contributed by atoms with Gasteiger partial charge in [-0.05, 0) is 76.6 Å². The fourth-order valence-electron chi connectivity index (χ4n) is 4.50. The standard InChI is InChI=1S/C29H39NO4/c1-21-15-22(2)17-26(16-21)27(31)33-20-25-13-11-24(12-14-25)19-30(28(32)34-29(3,4)5)18-23-9-7-6-8-10-23/h11-17,23H,6-10,18-20H2,1-5H3. The van der Waals surface area contributed by atoms with Crippen LogP contribution >= 0.6 is 0 Å². The van der Waals surface area contributed by atoms with Crippen LogP contribution in [0.15, 0.2) is 42.5 Å². The highest BCUT2D eigenvalue weighted by Gasteiger charge is 2.25. The van der Waals surface area contributed by atoms with Gasteiger partial charge in [-0.2, -0.15) is 0 Å². The van der Waals surface area contributed by atoms with Crippen LogP contribution < -0.4 is 0 Å². The van der Waals surface area contributed by atoms with E-state index < -0.39 is 5.60 Å². The lowest BCUT2D eigenvalue weighted by Crippen LogP contribution is -2.39. The summed E-state index contributed by atoms with van der Waals surface area (Å²) in [5.41, 5.74) is 4.08. The second kappa shape index (κ2) is 11.5. The van der Waals surface area contributed by atoms with E-state index in [1.54, 1.807) is 0 Å². The van der Waals surface area contributed by atoms with Crippen LogP contribution in [0.4, 0.5) is 4.79 Å². The Kier molecular flexibility index (Phi) is 8.76. The van der Waals surface area contributed by atoms with Crippen LogP contribution in [0.25, 0.3) is 0 Å². The molecule has 1 amide bonds. The van der Waals surface area contributed by atoms with E-state index in [0.717, 1.165) is 28.8 Å². The third kappa shape index (κ3) is 8.19. The normalized spacial score (nSPS) is 14.5. The van der Waals surface area contributed by atoms with Crippen LogP contribution in [0, 0.1) is 19.8 Å². The van der Waals surface area contributed by atoms with Crippen LogP contribution in [0.1, 0.15) is 85.5 Å². The summed E-state index contributed by atoms with van der Waals surface area (Å²) in [6.45, 7) is 11.1. The highest BCUT2D eigenvalue weighted by atomic mass is 16.6. The maximum Gasteiger partial charge on any atom is 0.410 e. The Morgan fingerprint density at radius 1 is 0.912 bits per heavy atom. The second-order valence-electron chi connectivity index (χ2n) is 10.6. The van der Waals surface area contributed by atoms with Gasteiger partial charge in [-0.3, -0.25) is 0 Å². The number of rotatable bonds is 7. The number of carbonyl (C=O) groups is 2. The second-order valence-corrected chi connectivity index (χ2v) is 10.6. The summed E-state index contributed by atoms with van der Waals surface area (Å²) in [6.07, 6.45) is 5.85. The van der Waals surface area contributed by atoms with Gasteiger partial charge in [0.2, 0.25) is 0 Å². The van der Waals surface area contributed by atoms with Crippen LogP contribution in [0.2, 0.25) is 0 Å². The first-order chi connectivity index (χ1) is 16.1. The van der Waals surface area contributed by atoms with Crippen molar-refractivity contribution in [3.8, 4) is 0 Å². The van der Waals surface area contributed by atoms with E-state index in [4.69, 9.17) is 9.47 Å². The third-order valence-corrected chi connectivity index (χ3v) is 6.08. The predicted molar refractivity (Wildman–Crippen MR) is 135 cm³/mol. The molecular formula is C29H39NO4. The Balaban J connectivity index is 1.61. The molecule has 0 heterocycles. The lowest BCUT2D eigenvalue weighted by atomic mass is 9.89. The van der Waals surface area contributed by atoms with Crippen molar-refractivity contribution in [2.24, 2.45) is 5.92 Å². The smallest absolute Gasteiger partial charge is 0.410 e. The van der Waals surface area contributed by atoms with Crippen molar-refractivity contribution in [2.75, 3.05) is 6.54 Å². The average molecular weight is 466 g/mol. The number of hydrogen-bond donors (Lipinski definition) is 0. The Morgan fingerprint density at radius 3 is 2.09 bits per heavy atom. The quantitative estimate of drug-likeness (QED) is 0.414. The van der Waals surface area contributed by atoms with Crippen LogP contribution in [-0.4, -0.2) is 29.1 Å². The summed E-state index contributed by atoms with van der Waals surface area (Å²) < 4.78 is 11.2. The number of esters is 1. The number of carbonyl (C=O) groups excluding carboxylic acids is 2. The molecule has 3 rings (SSSR count). The molecule has 5 nitrogen and oxygen atoms in total. The maximum atomic E-state index is 12.9. The highest BCUT2D eigenvalue weighted by Crippen LogP contribution is 2.26. The number of aryl methyl sites for hydroxylation is 2. The van der Waals surface area contributed by atoms with Crippen molar-refractivity contribution in [1.29, 1.82) is 0 Å². The summed E-state index contributed by atoms with van der Waals surface area (Å²) >= 11 is 0. The molecule has 34 heavy (non-hydrogen) atoms. The Bertz CT molecular complexity index is 948. The van der Waals surface area contributed by atoms with E-state index in [0.29, 0.717) is 18.0 Å². The van der Waals surface area contributed by atoms with Gasteiger partial charge >= 0.3 is 12.1 Å². The first-order valence-corrected chi connectivity index (χ1v) is 12.4. The minimum Gasteiger partial charge on any atom is -0.457 e. The molecule has 0 saturated heterocycles. The van der Waals surface area contributed by atoms with Gasteiger partial charge in [-0.25, -0.2) is 9.59 Å². The maximum absolute atomic E-state index is 12.9. The van der Waals surface area contributed by atoms with Crippen molar-refractivity contribution in [3.63, 3.8) is 0 Å². The Morgan fingerprint density at radius 2 is 1.50 bits per heavy atom. The summed E-state index contributed by atoms with van der Waals surface area (Å²) in [5.74, 6) is 0.213. The van der Waals surface area contributed by atoms with Gasteiger partial charge in [0.25, 0.3) is 0 Å². The van der Waals surface area contributed by atoms with E-state index in [1.807, 2.05) is 82.0 Å². The SMILES string of the molecule is Cc1cc(C)cc(C(=O)OCc2ccc(CN(CC3CCCCC3)C(=O)OC(C)(C)C)cc2)c1. The molecule has 0 radical (unpaired) electrons. The molecule has 2 aromatic carbocycles. The van der Waals surface area contributed by atoms with Gasteiger partial charge in [-0.1, -0.05) is 60.7 Å². The fraction of sp³-hybridized carbons (Fsp3) is 0.517. The number of benzene rings is 2. The van der Waals surface area contributed by atoms with Gasteiger partial charge in [0, 0.05) is 13.1 Å². The molecular weight excluding hydrogens is 426 g/mol. The van der Waals surface area contributed by atoms with Crippen LogP contribution in [0.5, 0.6) is 0 Å². The number of nitrogens with zero attached hydrogens (tertiary/aromatic N) is 1. The first-order valence-electron chi connectivity index (χ1n) is 12.4. The molecule has 0 bridgehead atoms. The molecule has 0 spiro atoms. The summed E-state index contributed by atoms with van der Waals surface area (Å²) in [6, 6.07) is 13.6. The van der Waals surface area contributed by atoms with Crippen LogP contribution in [-0.2, 0) is 22.6 Å². The molecule has 0 atom stereocenters. The largest absolute Gasteiger partial charge is 0.457 e. The average Bonchev–Trinajstić information content (AvgIpc) is 2.77. The molecule has 0 aliphatic heterocycles. The lowest BCUT2D eigenvalue weighted by Gasteiger charge is -2.31. The van der Waals surface area contributed by atoms with E-state index >= 15 is 0 Å². The van der Waals surface area contributed by atoms with Gasteiger partial charge in [0.05, 0.1) is 5.56 Å². The number of ether oxygens (including phenoxy) is 2. The number of hydrogen-bond acceptors (Lipinski definition) is 4. The molecule has 1 aliphatic rings. The monoisotopic (exact) mass is 465 g/mol. The fourth-order valence-corrected chi connectivity index (χ4v) is 4.50. The minimum atomic E-state index is -0.522. The highest BCUT2D eigenvalue weighted by molar-refractivity contribution is 5.89. The Hall–Kier alpha value is -2.82. The zero-order valence-corrected chi connectivity index (χ0v) is 21.4. The van der Waals surface area contributed by atoms with Crippen LogP contribution in [0.3, 0.4) is 0 Å². The van der Waals surface area contributed by atoms with Gasteiger partial charge in [0.15, 0.2) is 0 Å². The zero-order valence-electron chi connectivity index (χ0n) is 21.4. The summed E-state index contributed by atoms with van der Waals surface area (Å²) in [4.78, 5) is 27.2. The van der Waals surface area contributed by atoms with Gasteiger partial charge in [-0.15, -0.1) is 0 Å². The van der Waals surface area contributed by atoms with Gasteiger partial charge < -0.3 is 14.4 Å². The van der Waals surface area contributed by atoms with E-state index in [1.165, 1.54) is 32.1 Å². The lowest BCUT2D eigenvalue weighted by molar-refractivity contribution is 0.0189. The van der Waals surface area contributed by atoms with E-state index in [-0.39, 0.29) is 18.7 Å². The topological polar surface area (TPSA) is 55.8 Å². The zero-order chi connectivity index (χ0) is 24.7.